The molecule has 0 atom stereocenters. The average Bonchev–Trinajstić information content (AvgIpc) is 2.47. The van der Waals surface area contributed by atoms with Crippen molar-refractivity contribution in [3.63, 3.8) is 0 Å². The van der Waals surface area contributed by atoms with Gasteiger partial charge in [-0.3, -0.25) is 9.08 Å². The van der Waals surface area contributed by atoms with Gasteiger partial charge in [-0.2, -0.15) is 17.2 Å². The van der Waals surface area contributed by atoms with Crippen LogP contribution in [0.25, 0.3) is 0 Å². The van der Waals surface area contributed by atoms with Crippen molar-refractivity contribution in [1.29, 1.82) is 0 Å². The molecule has 1 rings (SSSR count). The van der Waals surface area contributed by atoms with E-state index in [4.69, 9.17) is 4.74 Å². The van der Waals surface area contributed by atoms with Crippen LogP contribution in [-0.4, -0.2) is 38.7 Å². The third kappa shape index (κ3) is 4.98. The summed E-state index contributed by atoms with van der Waals surface area (Å²) in [5.74, 6) is -5.45. The lowest BCUT2D eigenvalue weighted by molar-refractivity contribution is -0.132. The van der Waals surface area contributed by atoms with Gasteiger partial charge in [0, 0.05) is 12.5 Å². The molecule has 6 nitrogen and oxygen atoms in total. The van der Waals surface area contributed by atoms with Crippen molar-refractivity contribution in [3.05, 3.63) is 29.8 Å². The van der Waals surface area contributed by atoms with Crippen LogP contribution in [0.15, 0.2) is 29.4 Å². The second-order valence-electron chi connectivity index (χ2n) is 4.64. The van der Waals surface area contributed by atoms with E-state index >= 15 is 0 Å². The van der Waals surface area contributed by atoms with Gasteiger partial charge < -0.3 is 4.74 Å². The maximum absolute atomic E-state index is 14.1. The van der Waals surface area contributed by atoms with Crippen molar-refractivity contribution >= 4 is 21.6 Å². The minimum Gasteiger partial charge on any atom is -0.497 e. The molecule has 0 N–H and O–H groups in total. The van der Waals surface area contributed by atoms with Crippen LogP contribution < -0.4 is 4.74 Å². The van der Waals surface area contributed by atoms with Crippen LogP contribution in [0.2, 0.25) is 0 Å². The highest BCUT2D eigenvalue weighted by atomic mass is 32.2. The molecule has 9 heteroatoms. The predicted octanol–water partition coefficient (Wildman–Crippen LogP) is 2.38. The second-order valence-corrected chi connectivity index (χ2v) is 6.31. The van der Waals surface area contributed by atoms with Crippen molar-refractivity contribution in [2.45, 2.75) is 26.2 Å². The number of benzene rings is 1. The lowest BCUT2D eigenvalue weighted by Gasteiger charge is -2.15. The van der Waals surface area contributed by atoms with E-state index in [2.05, 4.69) is 9.44 Å². The summed E-state index contributed by atoms with van der Waals surface area (Å²) in [4.78, 5) is 11.2. The summed E-state index contributed by atoms with van der Waals surface area (Å²) in [6.07, 6.45) is 0.235. The van der Waals surface area contributed by atoms with Gasteiger partial charge in [0.15, 0.2) is 5.71 Å². The fourth-order valence-electron chi connectivity index (χ4n) is 1.59. The van der Waals surface area contributed by atoms with Crippen molar-refractivity contribution in [1.82, 2.24) is 0 Å². The zero-order valence-corrected chi connectivity index (χ0v) is 13.7. The second kappa shape index (κ2) is 7.49. The highest BCUT2D eigenvalue weighted by Crippen LogP contribution is 2.24. The molecule has 0 bridgehead atoms. The zero-order valence-electron chi connectivity index (χ0n) is 12.9. The van der Waals surface area contributed by atoms with E-state index in [0.717, 1.165) is 0 Å². The van der Waals surface area contributed by atoms with Crippen molar-refractivity contribution in [3.8, 4) is 5.75 Å². The summed E-state index contributed by atoms with van der Waals surface area (Å²) in [7, 11) is -2.69. The first kappa shape index (κ1) is 19.0. The van der Waals surface area contributed by atoms with Gasteiger partial charge in [0.1, 0.15) is 5.75 Å². The Morgan fingerprint density at radius 1 is 1.26 bits per heavy atom. The summed E-state index contributed by atoms with van der Waals surface area (Å²) < 4.78 is 60.3. The van der Waals surface area contributed by atoms with E-state index in [1.807, 2.05) is 0 Å². The van der Waals surface area contributed by atoms with E-state index in [1.54, 1.807) is 6.92 Å². The Labute approximate surface area is 133 Å². The SMILES string of the molecule is CCCS(=O)(=O)ON=C(c1ccc(OC)cc1)C(F)(F)C(C)=O. The molecule has 0 fully saturated rings. The Morgan fingerprint density at radius 2 is 1.83 bits per heavy atom. The number of oxime groups is 1. The van der Waals surface area contributed by atoms with Crippen LogP contribution in [0.3, 0.4) is 0 Å². The quantitative estimate of drug-likeness (QED) is 0.532. The number of hydrogen-bond donors (Lipinski definition) is 0. The molecule has 0 unspecified atom stereocenters. The fraction of sp³-hybridized carbons (Fsp3) is 0.429. The van der Waals surface area contributed by atoms with E-state index in [0.29, 0.717) is 12.7 Å². The molecule has 0 spiro atoms. The molecule has 23 heavy (non-hydrogen) atoms. The van der Waals surface area contributed by atoms with E-state index in [1.165, 1.54) is 31.4 Å². The number of methoxy groups -OCH3 is 1. The number of hydrogen-bond acceptors (Lipinski definition) is 6. The van der Waals surface area contributed by atoms with Crippen LogP contribution in [0, 0.1) is 0 Å². The summed E-state index contributed by atoms with van der Waals surface area (Å²) in [5.41, 5.74) is -1.23. The molecule has 0 amide bonds. The Balaban J connectivity index is 3.29. The van der Waals surface area contributed by atoms with E-state index in [9.17, 15) is 22.0 Å². The molecule has 1 aromatic rings. The van der Waals surface area contributed by atoms with Crippen LogP contribution in [0.5, 0.6) is 5.75 Å². The standard InChI is InChI=1S/C14H17F2NO5S/c1-4-9-23(19,20)22-17-13(14(15,16)10(2)18)11-5-7-12(21-3)8-6-11/h5-8H,4,9H2,1-3H3. The fourth-order valence-corrected chi connectivity index (χ4v) is 2.35. The molecule has 0 aliphatic heterocycles. The summed E-state index contributed by atoms with van der Waals surface area (Å²) in [5, 5.41) is 3.05. The minimum atomic E-state index is -4.09. The molecule has 0 aromatic heterocycles. The third-order valence-corrected chi connectivity index (χ3v) is 4.01. The van der Waals surface area contributed by atoms with Gasteiger partial charge in [-0.25, -0.2) is 0 Å². The van der Waals surface area contributed by atoms with Crippen LogP contribution in [0.1, 0.15) is 25.8 Å². The highest BCUT2D eigenvalue weighted by molar-refractivity contribution is 7.86. The van der Waals surface area contributed by atoms with Crippen LogP contribution in [0.4, 0.5) is 8.78 Å². The van der Waals surface area contributed by atoms with Gasteiger partial charge in [-0.15, -0.1) is 0 Å². The van der Waals surface area contributed by atoms with E-state index in [-0.39, 0.29) is 17.7 Å². The molecule has 0 aliphatic rings. The van der Waals surface area contributed by atoms with E-state index < -0.39 is 27.5 Å². The van der Waals surface area contributed by atoms with Gasteiger partial charge in [-0.1, -0.05) is 12.1 Å². The topological polar surface area (TPSA) is 82.0 Å². The van der Waals surface area contributed by atoms with Gasteiger partial charge in [0.2, 0.25) is 5.78 Å². The first-order valence-corrected chi connectivity index (χ1v) is 8.25. The number of ether oxygens (including phenoxy) is 1. The predicted molar refractivity (Wildman–Crippen MR) is 80.3 cm³/mol. The molecule has 0 aliphatic carbocycles. The highest BCUT2D eigenvalue weighted by Gasteiger charge is 2.43. The van der Waals surface area contributed by atoms with Crippen LogP contribution in [-0.2, 0) is 19.2 Å². The molecule has 128 valence electrons. The number of rotatable bonds is 8. The summed E-state index contributed by atoms with van der Waals surface area (Å²) in [6, 6.07) is 5.21. The number of carbonyl (C=O) groups is 1. The lowest BCUT2D eigenvalue weighted by Crippen LogP contribution is -2.37. The Kier molecular flexibility index (Phi) is 6.20. The van der Waals surface area contributed by atoms with Crippen molar-refractivity contribution < 1.29 is 31.0 Å². The Hall–Kier alpha value is -2.03. The third-order valence-electron chi connectivity index (χ3n) is 2.80. The van der Waals surface area contributed by atoms with Crippen LogP contribution >= 0.6 is 0 Å². The van der Waals surface area contributed by atoms with Gasteiger partial charge in [0.25, 0.3) is 0 Å². The first-order valence-electron chi connectivity index (χ1n) is 6.67. The molecule has 1 aromatic carbocycles. The smallest absolute Gasteiger partial charge is 0.350 e. The number of Topliss-reactive ketones (excluding diaryl/α,β-unsaturated/α-hetero) is 1. The first-order chi connectivity index (χ1) is 10.6. The number of nitrogens with zero attached hydrogens (tertiary/aromatic N) is 1. The Bertz CT molecular complexity index is 684. The van der Waals surface area contributed by atoms with Gasteiger partial charge >= 0.3 is 16.0 Å². The molecule has 0 saturated carbocycles. The van der Waals surface area contributed by atoms with Crippen molar-refractivity contribution in [2.24, 2.45) is 5.16 Å². The lowest BCUT2D eigenvalue weighted by atomic mass is 10.0. The molecule has 0 heterocycles. The Morgan fingerprint density at radius 3 is 2.26 bits per heavy atom. The zero-order chi connectivity index (χ0) is 17.7. The monoisotopic (exact) mass is 349 g/mol. The number of halogens is 2. The molecular weight excluding hydrogens is 332 g/mol. The molecular formula is C14H17F2NO5S. The summed E-state index contributed by atoms with van der Waals surface area (Å²) >= 11 is 0. The largest absolute Gasteiger partial charge is 0.497 e. The number of alkyl halides is 2. The van der Waals surface area contributed by atoms with Gasteiger partial charge in [0.05, 0.1) is 12.9 Å². The average molecular weight is 349 g/mol. The number of carbonyl (C=O) groups excluding carboxylic acids is 1. The van der Waals surface area contributed by atoms with Crippen molar-refractivity contribution in [2.75, 3.05) is 12.9 Å². The normalized spacial score (nSPS) is 12.8. The maximum Gasteiger partial charge on any atom is 0.350 e. The minimum absolute atomic E-state index is 0.155. The van der Waals surface area contributed by atoms with Gasteiger partial charge in [-0.05, 0) is 30.7 Å². The summed E-state index contributed by atoms with van der Waals surface area (Å²) in [6.45, 7) is 2.26. The molecule has 0 saturated heterocycles. The number of ketones is 1. The molecule has 0 radical (unpaired) electrons. The maximum atomic E-state index is 14.1.